The van der Waals surface area contributed by atoms with E-state index in [1.54, 1.807) is 41.1 Å². The minimum Gasteiger partial charge on any atom is -0.493 e. The van der Waals surface area contributed by atoms with Gasteiger partial charge in [-0.2, -0.15) is 0 Å². The minimum absolute atomic E-state index is 0.0846. The Labute approximate surface area is 311 Å². The van der Waals surface area contributed by atoms with Crippen molar-refractivity contribution in [2.45, 2.75) is 51.5 Å². The number of aryl methyl sites for hydroxylation is 1. The molecule has 4 aromatic carbocycles. The summed E-state index contributed by atoms with van der Waals surface area (Å²) in [6, 6.07) is 23.3. The number of carbonyl (C=O) groups is 2. The molecule has 278 valence electrons. The van der Waals surface area contributed by atoms with Gasteiger partial charge in [0.25, 0.3) is 5.91 Å². The number of benzene rings is 4. The number of aliphatic hydroxyl groups is 1. The lowest BCUT2D eigenvalue weighted by molar-refractivity contribution is 0.0632. The molecule has 0 spiro atoms. The number of fused-ring (bicyclic) bond motifs is 2. The number of methoxy groups -OCH3 is 2. The van der Waals surface area contributed by atoms with Gasteiger partial charge in [0.15, 0.2) is 29.3 Å². The number of β-amino-alcohol motifs (C(OH)–C–C–N with tert-alkyl or cyclic N) is 1. The molecule has 1 N–H and O–H groups in total. The third kappa shape index (κ3) is 8.32. The van der Waals surface area contributed by atoms with Gasteiger partial charge >= 0.3 is 0 Å². The SMILES string of the molecule is CCc1ccccc1CN1CC(O)N(C)c2cc(OCCCOc3cc(N=CC4Cc5ccccc5CN4C)c(C=O)cc3OC)c(OC)cc2C1=O. The van der Waals surface area contributed by atoms with Crippen LogP contribution in [0, 0.1) is 0 Å². The highest BCUT2D eigenvalue weighted by Crippen LogP contribution is 2.39. The van der Waals surface area contributed by atoms with E-state index in [4.69, 9.17) is 23.9 Å². The monoisotopic (exact) mass is 720 g/mol. The maximum atomic E-state index is 13.9. The maximum Gasteiger partial charge on any atom is 0.256 e. The van der Waals surface area contributed by atoms with E-state index in [1.165, 1.54) is 25.3 Å². The number of likely N-dealkylation sites (N-methyl/N-ethyl adjacent to an activating group) is 2. The van der Waals surface area contributed by atoms with Gasteiger partial charge in [-0.25, -0.2) is 0 Å². The zero-order valence-corrected chi connectivity index (χ0v) is 31.1. The molecule has 2 unspecified atom stereocenters. The Kier molecular flexibility index (Phi) is 12.0. The molecule has 0 aliphatic carbocycles. The molecule has 2 aliphatic heterocycles. The molecule has 0 aromatic heterocycles. The highest BCUT2D eigenvalue weighted by Gasteiger charge is 2.32. The Hall–Kier alpha value is -5.39. The van der Waals surface area contributed by atoms with Crippen molar-refractivity contribution < 1.29 is 33.6 Å². The molecule has 2 heterocycles. The maximum absolute atomic E-state index is 13.9. The molecule has 2 aliphatic rings. The van der Waals surface area contributed by atoms with Crippen LogP contribution in [0.1, 0.15) is 56.3 Å². The predicted molar refractivity (Wildman–Crippen MR) is 206 cm³/mol. The van der Waals surface area contributed by atoms with E-state index >= 15 is 0 Å². The lowest BCUT2D eigenvalue weighted by Gasteiger charge is -2.31. The molecule has 4 aromatic rings. The molecule has 1 amide bonds. The summed E-state index contributed by atoms with van der Waals surface area (Å²) >= 11 is 0. The molecule has 53 heavy (non-hydrogen) atoms. The third-order valence-electron chi connectivity index (χ3n) is 10.0. The smallest absolute Gasteiger partial charge is 0.256 e. The van der Waals surface area contributed by atoms with Crippen molar-refractivity contribution in [3.63, 3.8) is 0 Å². The molecule has 0 fully saturated rings. The summed E-state index contributed by atoms with van der Waals surface area (Å²) in [5, 5.41) is 11.1. The fraction of sp³-hybridized carbons (Fsp3) is 0.357. The third-order valence-corrected chi connectivity index (χ3v) is 10.0. The molecular weight excluding hydrogens is 672 g/mol. The number of carbonyl (C=O) groups excluding carboxylic acids is 2. The summed E-state index contributed by atoms with van der Waals surface area (Å²) in [5.41, 5.74) is 6.72. The van der Waals surface area contributed by atoms with Crippen LogP contribution in [0.3, 0.4) is 0 Å². The van der Waals surface area contributed by atoms with E-state index in [-0.39, 0.29) is 25.1 Å². The van der Waals surface area contributed by atoms with Crippen LogP contribution in [0.2, 0.25) is 0 Å². The van der Waals surface area contributed by atoms with Gasteiger partial charge in [0.1, 0.15) is 6.23 Å². The Morgan fingerprint density at radius 3 is 2.23 bits per heavy atom. The zero-order valence-electron chi connectivity index (χ0n) is 31.1. The van der Waals surface area contributed by atoms with Crippen LogP contribution >= 0.6 is 0 Å². The second-order valence-corrected chi connectivity index (χ2v) is 13.4. The van der Waals surface area contributed by atoms with E-state index in [2.05, 4.69) is 49.2 Å². The summed E-state index contributed by atoms with van der Waals surface area (Å²) in [5.74, 6) is 1.57. The van der Waals surface area contributed by atoms with Gasteiger partial charge in [-0.15, -0.1) is 0 Å². The molecule has 6 rings (SSSR count). The Balaban J connectivity index is 1.12. The second-order valence-electron chi connectivity index (χ2n) is 13.4. The van der Waals surface area contributed by atoms with Crippen LogP contribution in [0.5, 0.6) is 23.0 Å². The standard InChI is InChI=1S/C42H48N4O7/c1-6-28-12-7-9-15-31(28)25-46-26-41(48)45(3)36-22-40(38(51-5)20-34(36)42(46)49)53-17-11-16-52-39-21-35(32(27-47)19-37(39)50-4)43-23-33-18-29-13-8-10-14-30(29)24-44(33)2/h7-10,12-15,19-23,27,33,41,48H,6,11,16-18,24-26H2,1-5H3. The zero-order chi connectivity index (χ0) is 37.5. The molecular formula is C42H48N4O7. The van der Waals surface area contributed by atoms with Gasteiger partial charge in [-0.3, -0.25) is 19.5 Å². The van der Waals surface area contributed by atoms with Gasteiger partial charge in [-0.05, 0) is 54.3 Å². The number of hydrogen-bond donors (Lipinski definition) is 1. The molecule has 2 atom stereocenters. The number of aldehydes is 1. The normalized spacial score (nSPS) is 17.3. The summed E-state index contributed by atoms with van der Waals surface area (Å²) < 4.78 is 23.5. The van der Waals surface area contributed by atoms with Crippen LogP contribution < -0.4 is 23.8 Å². The lowest BCUT2D eigenvalue weighted by Crippen LogP contribution is -2.41. The second kappa shape index (κ2) is 17.0. The highest BCUT2D eigenvalue weighted by molar-refractivity contribution is 6.01. The first-order valence-corrected chi connectivity index (χ1v) is 18.0. The van der Waals surface area contributed by atoms with Crippen molar-refractivity contribution in [3.05, 3.63) is 106 Å². The van der Waals surface area contributed by atoms with Gasteiger partial charge in [0.05, 0.1) is 50.9 Å². The Morgan fingerprint density at radius 2 is 1.53 bits per heavy atom. The van der Waals surface area contributed by atoms with Gasteiger partial charge in [-0.1, -0.05) is 55.5 Å². The fourth-order valence-electron chi connectivity index (χ4n) is 6.89. The lowest BCUT2D eigenvalue weighted by atomic mass is 9.95. The fourth-order valence-corrected chi connectivity index (χ4v) is 6.89. The van der Waals surface area contributed by atoms with E-state index in [0.717, 1.165) is 36.8 Å². The Morgan fingerprint density at radius 1 is 0.868 bits per heavy atom. The van der Waals surface area contributed by atoms with Gasteiger partial charge in [0.2, 0.25) is 0 Å². The first-order valence-electron chi connectivity index (χ1n) is 18.0. The number of hydrogen-bond acceptors (Lipinski definition) is 10. The molecule has 11 heteroatoms. The van der Waals surface area contributed by atoms with Crippen molar-refractivity contribution in [2.24, 2.45) is 4.99 Å². The van der Waals surface area contributed by atoms with Crippen LogP contribution in [0.4, 0.5) is 11.4 Å². The van der Waals surface area contributed by atoms with E-state index in [0.29, 0.717) is 65.1 Å². The van der Waals surface area contributed by atoms with Crippen LogP contribution in [0.25, 0.3) is 0 Å². The topological polar surface area (TPSA) is 113 Å². The number of rotatable bonds is 14. The van der Waals surface area contributed by atoms with Crippen LogP contribution in [0.15, 0.2) is 77.8 Å². The molecule has 0 bridgehead atoms. The Bertz CT molecular complexity index is 1960. The number of anilines is 1. The first kappa shape index (κ1) is 37.4. The van der Waals surface area contributed by atoms with Gasteiger partial charge < -0.3 is 33.9 Å². The van der Waals surface area contributed by atoms with Crippen molar-refractivity contribution in [1.82, 2.24) is 9.80 Å². The average molecular weight is 721 g/mol. The summed E-state index contributed by atoms with van der Waals surface area (Å²) in [7, 11) is 6.90. The van der Waals surface area contributed by atoms with E-state index < -0.39 is 6.23 Å². The van der Waals surface area contributed by atoms with Gasteiger partial charge in [0, 0.05) is 56.5 Å². The number of amides is 1. The molecule has 0 saturated carbocycles. The van der Waals surface area contributed by atoms with Crippen molar-refractivity contribution in [1.29, 1.82) is 0 Å². The first-order chi connectivity index (χ1) is 25.7. The molecule has 0 saturated heterocycles. The van der Waals surface area contributed by atoms with E-state index in [9.17, 15) is 14.7 Å². The average Bonchev–Trinajstić information content (AvgIpc) is 3.26. The number of ether oxygens (including phenoxy) is 4. The quantitative estimate of drug-likeness (QED) is 0.0939. The van der Waals surface area contributed by atoms with Crippen LogP contribution in [-0.4, -0.2) is 93.7 Å². The largest absolute Gasteiger partial charge is 0.493 e. The number of nitrogens with zero attached hydrogens (tertiary/aromatic N) is 4. The summed E-state index contributed by atoms with van der Waals surface area (Å²) in [6.07, 6.45) is 3.93. The predicted octanol–water partition coefficient (Wildman–Crippen LogP) is 6.10. The van der Waals surface area contributed by atoms with Crippen molar-refractivity contribution in [3.8, 4) is 23.0 Å². The number of aliphatic hydroxyl groups excluding tert-OH is 1. The molecule has 11 nitrogen and oxygen atoms in total. The summed E-state index contributed by atoms with van der Waals surface area (Å²) in [6.45, 7) is 4.02. The van der Waals surface area contributed by atoms with E-state index in [1.807, 2.05) is 24.4 Å². The minimum atomic E-state index is -0.918. The number of aliphatic imine (C=N–C) groups is 1. The highest BCUT2D eigenvalue weighted by atomic mass is 16.5. The van der Waals surface area contributed by atoms with Crippen molar-refractivity contribution in [2.75, 3.05) is 53.0 Å². The van der Waals surface area contributed by atoms with Crippen molar-refractivity contribution >= 4 is 29.8 Å². The summed E-state index contributed by atoms with van der Waals surface area (Å²) in [4.78, 5) is 36.2. The van der Waals surface area contributed by atoms with Crippen LogP contribution in [-0.2, 0) is 25.9 Å². The molecule has 0 radical (unpaired) electrons.